The molecule has 0 fully saturated rings. The van der Waals surface area contributed by atoms with Crippen molar-refractivity contribution in [2.75, 3.05) is 18.1 Å². The normalized spacial score (nSPS) is 12.3. The zero-order valence-electron chi connectivity index (χ0n) is 11.8. The summed E-state index contributed by atoms with van der Waals surface area (Å²) < 4.78 is 22.7. The third-order valence-corrected chi connectivity index (χ3v) is 4.35. The molecule has 1 unspecified atom stereocenters. The van der Waals surface area contributed by atoms with Crippen LogP contribution < -0.4 is 10.6 Å². The number of halogens is 1. The Bertz CT molecular complexity index is 546. The molecule has 0 aliphatic heterocycles. The monoisotopic (exact) mass is 320 g/mol. The number of para-hydroxylation sites is 1. The SMILES string of the molecule is CCNCc1ccccc1NC(=O)C(C)S(C)(=O)=O.Cl. The van der Waals surface area contributed by atoms with Gasteiger partial charge in [0.25, 0.3) is 0 Å². The predicted octanol–water partition coefficient (Wildman–Crippen LogP) is 1.59. The largest absolute Gasteiger partial charge is 0.325 e. The number of carbonyl (C=O) groups is 1. The number of hydrogen-bond acceptors (Lipinski definition) is 4. The maximum Gasteiger partial charge on any atom is 0.242 e. The third kappa shape index (κ3) is 5.48. The molecule has 0 saturated heterocycles. The molecule has 0 spiro atoms. The van der Waals surface area contributed by atoms with Crippen LogP contribution in [0.1, 0.15) is 19.4 Å². The maximum atomic E-state index is 11.9. The lowest BCUT2D eigenvalue weighted by Gasteiger charge is -2.14. The molecule has 1 aromatic rings. The molecule has 0 bridgehead atoms. The van der Waals surface area contributed by atoms with Gasteiger partial charge in [-0.3, -0.25) is 4.79 Å². The van der Waals surface area contributed by atoms with E-state index in [0.717, 1.165) is 18.4 Å². The molecular formula is C13H21ClN2O3S. The Balaban J connectivity index is 0.00000361. The molecule has 1 rings (SSSR count). The maximum absolute atomic E-state index is 11.9. The average molecular weight is 321 g/mol. The van der Waals surface area contributed by atoms with Crippen LogP contribution in [0.2, 0.25) is 0 Å². The highest BCUT2D eigenvalue weighted by atomic mass is 35.5. The minimum atomic E-state index is -3.38. The molecule has 114 valence electrons. The number of benzene rings is 1. The molecule has 7 heteroatoms. The second kappa shape index (κ2) is 8.24. The topological polar surface area (TPSA) is 75.3 Å². The highest BCUT2D eigenvalue weighted by Gasteiger charge is 2.23. The van der Waals surface area contributed by atoms with Gasteiger partial charge in [0, 0.05) is 18.5 Å². The zero-order chi connectivity index (χ0) is 14.5. The summed E-state index contributed by atoms with van der Waals surface area (Å²) >= 11 is 0. The summed E-state index contributed by atoms with van der Waals surface area (Å²) in [6.07, 6.45) is 1.06. The van der Waals surface area contributed by atoms with E-state index in [9.17, 15) is 13.2 Å². The van der Waals surface area contributed by atoms with Gasteiger partial charge >= 0.3 is 0 Å². The van der Waals surface area contributed by atoms with E-state index in [4.69, 9.17) is 0 Å². The third-order valence-electron chi connectivity index (χ3n) is 2.85. The Morgan fingerprint density at radius 1 is 1.30 bits per heavy atom. The zero-order valence-corrected chi connectivity index (χ0v) is 13.5. The van der Waals surface area contributed by atoms with E-state index >= 15 is 0 Å². The molecule has 0 aliphatic rings. The Morgan fingerprint density at radius 3 is 2.45 bits per heavy atom. The van der Waals surface area contributed by atoms with Gasteiger partial charge in [-0.15, -0.1) is 12.4 Å². The lowest BCUT2D eigenvalue weighted by Crippen LogP contribution is -2.32. The molecule has 0 saturated carbocycles. The molecule has 2 N–H and O–H groups in total. The van der Waals surface area contributed by atoms with Crippen molar-refractivity contribution in [2.45, 2.75) is 25.6 Å². The Morgan fingerprint density at radius 2 is 1.90 bits per heavy atom. The Labute approximate surface area is 126 Å². The number of rotatable bonds is 6. The summed E-state index contributed by atoms with van der Waals surface area (Å²) in [7, 11) is -3.38. The van der Waals surface area contributed by atoms with E-state index < -0.39 is 21.0 Å². The van der Waals surface area contributed by atoms with Crippen molar-refractivity contribution in [2.24, 2.45) is 0 Å². The summed E-state index contributed by atoms with van der Waals surface area (Å²) in [5.74, 6) is -0.508. The highest BCUT2D eigenvalue weighted by Crippen LogP contribution is 2.15. The first-order valence-electron chi connectivity index (χ1n) is 6.14. The number of amides is 1. The van der Waals surface area contributed by atoms with Gasteiger partial charge in [-0.1, -0.05) is 25.1 Å². The molecule has 20 heavy (non-hydrogen) atoms. The van der Waals surface area contributed by atoms with E-state index in [2.05, 4.69) is 10.6 Å². The van der Waals surface area contributed by atoms with Crippen LogP contribution in [0, 0.1) is 0 Å². The van der Waals surface area contributed by atoms with E-state index in [1.165, 1.54) is 6.92 Å². The number of anilines is 1. The van der Waals surface area contributed by atoms with Crippen LogP contribution >= 0.6 is 12.4 Å². The predicted molar refractivity (Wildman–Crippen MR) is 84.0 cm³/mol. The highest BCUT2D eigenvalue weighted by molar-refractivity contribution is 7.92. The van der Waals surface area contributed by atoms with Gasteiger partial charge in [-0.05, 0) is 25.1 Å². The number of carbonyl (C=O) groups excluding carboxylic acids is 1. The lowest BCUT2D eigenvalue weighted by molar-refractivity contribution is -0.115. The molecule has 1 atom stereocenters. The van der Waals surface area contributed by atoms with Gasteiger partial charge < -0.3 is 10.6 Å². The number of hydrogen-bond donors (Lipinski definition) is 2. The van der Waals surface area contributed by atoms with Crippen LogP contribution in [0.3, 0.4) is 0 Å². The van der Waals surface area contributed by atoms with E-state index in [-0.39, 0.29) is 12.4 Å². The average Bonchev–Trinajstić information content (AvgIpc) is 2.35. The second-order valence-corrected chi connectivity index (χ2v) is 6.76. The smallest absolute Gasteiger partial charge is 0.242 e. The van der Waals surface area contributed by atoms with Crippen LogP contribution in [0.5, 0.6) is 0 Å². The fourth-order valence-corrected chi connectivity index (χ4v) is 1.93. The van der Waals surface area contributed by atoms with Gasteiger partial charge in [0.2, 0.25) is 5.91 Å². The van der Waals surface area contributed by atoms with E-state index in [0.29, 0.717) is 12.2 Å². The standard InChI is InChI=1S/C13H20N2O3S.ClH/c1-4-14-9-11-7-5-6-8-12(11)15-13(16)10(2)19(3,17)18;/h5-8,10,14H,4,9H2,1-3H3,(H,15,16);1H. The molecular weight excluding hydrogens is 300 g/mol. The minimum absolute atomic E-state index is 0. The number of sulfone groups is 1. The fourth-order valence-electron chi connectivity index (χ4n) is 1.48. The first-order valence-corrected chi connectivity index (χ1v) is 8.10. The molecule has 0 aromatic heterocycles. The van der Waals surface area contributed by atoms with Crippen molar-refractivity contribution in [3.63, 3.8) is 0 Å². The van der Waals surface area contributed by atoms with Crippen molar-refractivity contribution in [3.05, 3.63) is 29.8 Å². The molecule has 1 amide bonds. The van der Waals surface area contributed by atoms with Gasteiger partial charge in [0.05, 0.1) is 0 Å². The Hall–Kier alpha value is -1.11. The fraction of sp³-hybridized carbons (Fsp3) is 0.462. The summed E-state index contributed by atoms with van der Waals surface area (Å²) in [5, 5.41) is 4.78. The molecule has 0 aliphatic carbocycles. The summed E-state index contributed by atoms with van der Waals surface area (Å²) in [6.45, 7) is 4.83. The van der Waals surface area contributed by atoms with Crippen LogP contribution in [0.4, 0.5) is 5.69 Å². The molecule has 0 radical (unpaired) electrons. The number of nitrogens with one attached hydrogen (secondary N) is 2. The van der Waals surface area contributed by atoms with Gasteiger partial charge in [-0.2, -0.15) is 0 Å². The van der Waals surface area contributed by atoms with E-state index in [1.54, 1.807) is 12.1 Å². The summed E-state index contributed by atoms with van der Waals surface area (Å²) in [4.78, 5) is 11.9. The second-order valence-electron chi connectivity index (χ2n) is 4.40. The lowest BCUT2D eigenvalue weighted by atomic mass is 10.1. The molecule has 0 heterocycles. The first-order chi connectivity index (χ1) is 8.86. The van der Waals surface area contributed by atoms with Gasteiger partial charge in [0.15, 0.2) is 9.84 Å². The van der Waals surface area contributed by atoms with Crippen LogP contribution in [0.25, 0.3) is 0 Å². The van der Waals surface area contributed by atoms with Crippen molar-refractivity contribution >= 4 is 33.8 Å². The van der Waals surface area contributed by atoms with Crippen LogP contribution in [-0.2, 0) is 21.2 Å². The van der Waals surface area contributed by atoms with Gasteiger partial charge in [-0.25, -0.2) is 8.42 Å². The first kappa shape index (κ1) is 18.9. The van der Waals surface area contributed by atoms with Crippen molar-refractivity contribution in [1.82, 2.24) is 5.32 Å². The van der Waals surface area contributed by atoms with E-state index in [1.807, 2.05) is 19.1 Å². The molecule has 1 aromatic carbocycles. The summed E-state index contributed by atoms with van der Waals surface area (Å²) in [5.41, 5.74) is 1.57. The minimum Gasteiger partial charge on any atom is -0.325 e. The van der Waals surface area contributed by atoms with Crippen molar-refractivity contribution < 1.29 is 13.2 Å². The molecule has 5 nitrogen and oxygen atoms in total. The van der Waals surface area contributed by atoms with Crippen LogP contribution in [-0.4, -0.2) is 32.4 Å². The van der Waals surface area contributed by atoms with Gasteiger partial charge in [0.1, 0.15) is 5.25 Å². The Kier molecular flexibility index (Phi) is 7.78. The van der Waals surface area contributed by atoms with Crippen molar-refractivity contribution in [1.29, 1.82) is 0 Å². The summed E-state index contributed by atoms with van der Waals surface area (Å²) in [6, 6.07) is 7.33. The quantitative estimate of drug-likeness (QED) is 0.834. The van der Waals surface area contributed by atoms with Crippen LogP contribution in [0.15, 0.2) is 24.3 Å². The van der Waals surface area contributed by atoms with Crippen molar-refractivity contribution in [3.8, 4) is 0 Å².